The van der Waals surface area contributed by atoms with Crippen molar-refractivity contribution in [2.45, 2.75) is 20.8 Å². The fourth-order valence-electron chi connectivity index (χ4n) is 1.06. The normalized spacial score (nSPS) is 9.15. The van der Waals surface area contributed by atoms with Gasteiger partial charge >= 0.3 is 0 Å². The molecule has 2 rings (SSSR count). The van der Waals surface area contributed by atoms with Gasteiger partial charge < -0.3 is 0 Å². The van der Waals surface area contributed by atoms with E-state index < -0.39 is 0 Å². The summed E-state index contributed by atoms with van der Waals surface area (Å²) in [6.07, 6.45) is 0. The SMILES string of the molecule is CC.Cc1nnnc2ccccc12. The predicted octanol–water partition coefficient (Wildman–Crippen LogP) is 2.36. The molecule has 68 valence electrons. The number of rotatable bonds is 0. The lowest BCUT2D eigenvalue weighted by molar-refractivity contribution is 0.870. The second-order valence-electron chi connectivity index (χ2n) is 2.39. The highest BCUT2D eigenvalue weighted by molar-refractivity contribution is 5.79. The molecule has 0 saturated heterocycles. The van der Waals surface area contributed by atoms with E-state index in [4.69, 9.17) is 0 Å². The molecule has 1 heterocycles. The van der Waals surface area contributed by atoms with Crippen LogP contribution in [0.25, 0.3) is 10.9 Å². The van der Waals surface area contributed by atoms with Gasteiger partial charge in [0.15, 0.2) is 0 Å². The zero-order chi connectivity index (χ0) is 9.68. The van der Waals surface area contributed by atoms with Crippen LogP contribution in [-0.4, -0.2) is 15.4 Å². The Morgan fingerprint density at radius 1 is 1.00 bits per heavy atom. The Kier molecular flexibility index (Phi) is 3.31. The second kappa shape index (κ2) is 4.50. The number of nitrogens with zero attached hydrogens (tertiary/aromatic N) is 3. The summed E-state index contributed by atoms with van der Waals surface area (Å²) in [4.78, 5) is 0. The largest absolute Gasteiger partial charge is 0.135 e. The van der Waals surface area contributed by atoms with Crippen LogP contribution in [0.3, 0.4) is 0 Å². The van der Waals surface area contributed by atoms with Gasteiger partial charge in [0.25, 0.3) is 0 Å². The Hall–Kier alpha value is -1.51. The minimum atomic E-state index is 0.903. The molecule has 0 aliphatic heterocycles. The topological polar surface area (TPSA) is 38.7 Å². The van der Waals surface area contributed by atoms with Crippen LogP contribution < -0.4 is 0 Å². The van der Waals surface area contributed by atoms with Crippen LogP contribution in [0, 0.1) is 6.92 Å². The maximum Gasteiger partial charge on any atom is 0.0966 e. The summed E-state index contributed by atoms with van der Waals surface area (Å²) >= 11 is 0. The molecule has 0 aliphatic carbocycles. The molecule has 0 spiro atoms. The maximum atomic E-state index is 3.88. The summed E-state index contributed by atoms with van der Waals surface area (Å²) in [5.74, 6) is 0. The number of fused-ring (bicyclic) bond motifs is 1. The molecule has 0 N–H and O–H groups in total. The summed E-state index contributed by atoms with van der Waals surface area (Å²) in [5, 5.41) is 12.4. The van der Waals surface area contributed by atoms with Gasteiger partial charge in [-0.25, -0.2) is 0 Å². The highest BCUT2D eigenvalue weighted by Gasteiger charge is 1.96. The molecule has 0 bridgehead atoms. The van der Waals surface area contributed by atoms with E-state index in [-0.39, 0.29) is 0 Å². The van der Waals surface area contributed by atoms with E-state index >= 15 is 0 Å². The molecule has 13 heavy (non-hydrogen) atoms. The van der Waals surface area contributed by atoms with Crippen LogP contribution in [-0.2, 0) is 0 Å². The minimum Gasteiger partial charge on any atom is -0.135 e. The van der Waals surface area contributed by atoms with Crippen LogP contribution in [0.1, 0.15) is 19.5 Å². The van der Waals surface area contributed by atoms with Crippen molar-refractivity contribution in [3.8, 4) is 0 Å². The molecule has 2 aromatic rings. The predicted molar refractivity (Wildman–Crippen MR) is 53.4 cm³/mol. The Morgan fingerprint density at radius 3 is 2.38 bits per heavy atom. The Bertz CT molecular complexity index is 379. The fraction of sp³-hybridized carbons (Fsp3) is 0.300. The van der Waals surface area contributed by atoms with Gasteiger partial charge in [-0.2, -0.15) is 0 Å². The lowest BCUT2D eigenvalue weighted by atomic mass is 10.2. The molecular weight excluding hydrogens is 162 g/mol. The lowest BCUT2D eigenvalue weighted by Crippen LogP contribution is -1.91. The number of hydrogen-bond acceptors (Lipinski definition) is 3. The number of aryl methyl sites for hydroxylation is 1. The Labute approximate surface area is 77.8 Å². The smallest absolute Gasteiger partial charge is 0.0966 e. The first-order valence-electron chi connectivity index (χ1n) is 4.42. The van der Waals surface area contributed by atoms with Crippen molar-refractivity contribution in [3.63, 3.8) is 0 Å². The third-order valence-corrected chi connectivity index (χ3v) is 1.64. The summed E-state index contributed by atoms with van der Waals surface area (Å²) < 4.78 is 0. The average molecular weight is 175 g/mol. The molecule has 1 aromatic heterocycles. The van der Waals surface area contributed by atoms with Gasteiger partial charge in [0.05, 0.1) is 11.2 Å². The van der Waals surface area contributed by atoms with Gasteiger partial charge in [-0.15, -0.1) is 10.2 Å². The van der Waals surface area contributed by atoms with Gasteiger partial charge in [-0.1, -0.05) is 32.0 Å². The quantitative estimate of drug-likeness (QED) is 0.617. The third-order valence-electron chi connectivity index (χ3n) is 1.64. The molecule has 0 fully saturated rings. The summed E-state index contributed by atoms with van der Waals surface area (Å²) in [5.41, 5.74) is 1.83. The molecule has 0 unspecified atom stereocenters. The van der Waals surface area contributed by atoms with E-state index in [1.165, 1.54) is 0 Å². The average Bonchev–Trinajstić information content (AvgIpc) is 2.22. The van der Waals surface area contributed by atoms with Gasteiger partial charge in [-0.05, 0) is 18.2 Å². The van der Waals surface area contributed by atoms with Crippen molar-refractivity contribution in [2.75, 3.05) is 0 Å². The van der Waals surface area contributed by atoms with Gasteiger partial charge in [0, 0.05) is 5.39 Å². The van der Waals surface area contributed by atoms with Crippen molar-refractivity contribution >= 4 is 10.9 Å². The van der Waals surface area contributed by atoms with Crippen LogP contribution in [0.4, 0.5) is 0 Å². The summed E-state index contributed by atoms with van der Waals surface area (Å²) in [7, 11) is 0. The van der Waals surface area contributed by atoms with Crippen LogP contribution in [0.15, 0.2) is 24.3 Å². The maximum absolute atomic E-state index is 3.88. The van der Waals surface area contributed by atoms with E-state index in [1.54, 1.807) is 0 Å². The number of hydrogen-bond donors (Lipinski definition) is 0. The van der Waals surface area contributed by atoms with Gasteiger partial charge in [-0.3, -0.25) is 0 Å². The van der Waals surface area contributed by atoms with Crippen molar-refractivity contribution in [2.24, 2.45) is 0 Å². The molecule has 3 heteroatoms. The summed E-state index contributed by atoms with van der Waals surface area (Å²) in [6.45, 7) is 5.93. The Morgan fingerprint density at radius 2 is 1.69 bits per heavy atom. The first-order valence-corrected chi connectivity index (χ1v) is 4.42. The molecule has 0 atom stereocenters. The van der Waals surface area contributed by atoms with E-state index in [2.05, 4.69) is 15.4 Å². The highest BCUT2D eigenvalue weighted by atomic mass is 15.3. The zero-order valence-electron chi connectivity index (χ0n) is 8.15. The van der Waals surface area contributed by atoms with Crippen molar-refractivity contribution < 1.29 is 0 Å². The van der Waals surface area contributed by atoms with Crippen molar-refractivity contribution in [1.82, 2.24) is 15.4 Å². The molecule has 3 nitrogen and oxygen atoms in total. The van der Waals surface area contributed by atoms with Crippen LogP contribution >= 0.6 is 0 Å². The monoisotopic (exact) mass is 175 g/mol. The van der Waals surface area contributed by atoms with Gasteiger partial charge in [0.2, 0.25) is 0 Å². The number of aromatic nitrogens is 3. The fourth-order valence-corrected chi connectivity index (χ4v) is 1.06. The molecule has 0 saturated carbocycles. The highest BCUT2D eigenvalue weighted by Crippen LogP contribution is 2.10. The van der Waals surface area contributed by atoms with Crippen molar-refractivity contribution in [1.29, 1.82) is 0 Å². The minimum absolute atomic E-state index is 0.903. The van der Waals surface area contributed by atoms with Gasteiger partial charge in [0.1, 0.15) is 0 Å². The zero-order valence-corrected chi connectivity index (χ0v) is 8.15. The molecule has 0 amide bonds. The van der Waals surface area contributed by atoms with E-state index in [0.29, 0.717) is 0 Å². The van der Waals surface area contributed by atoms with E-state index in [9.17, 15) is 0 Å². The first kappa shape index (κ1) is 9.58. The molecule has 0 aliphatic rings. The molecule has 0 radical (unpaired) electrons. The first-order chi connectivity index (χ1) is 6.38. The van der Waals surface area contributed by atoms with Crippen molar-refractivity contribution in [3.05, 3.63) is 30.0 Å². The van der Waals surface area contributed by atoms with E-state index in [1.807, 2.05) is 45.0 Å². The summed E-state index contributed by atoms with van der Waals surface area (Å²) in [6, 6.07) is 7.83. The van der Waals surface area contributed by atoms with Crippen LogP contribution in [0.2, 0.25) is 0 Å². The standard InChI is InChI=1S/C8H7N3.C2H6/c1-6-7-4-2-3-5-8(7)10-11-9-6;1-2/h2-5H,1H3;1-2H3. The Balaban J connectivity index is 0.000000396. The second-order valence-corrected chi connectivity index (χ2v) is 2.39. The number of benzene rings is 1. The molecular formula is C10H13N3. The van der Waals surface area contributed by atoms with E-state index in [0.717, 1.165) is 16.6 Å². The van der Waals surface area contributed by atoms with Crippen LogP contribution in [0.5, 0.6) is 0 Å². The third kappa shape index (κ3) is 1.99. The molecule has 1 aromatic carbocycles. The lowest BCUT2D eigenvalue weighted by Gasteiger charge is -1.95.